The lowest BCUT2D eigenvalue weighted by Crippen LogP contribution is -2.23. The fraction of sp³-hybridized carbons (Fsp3) is 0.684. The first kappa shape index (κ1) is 42.5. The molecule has 2 rings (SSSR count). The highest BCUT2D eigenvalue weighted by atomic mass is 31.2. The van der Waals surface area contributed by atoms with Crippen LogP contribution in [0.3, 0.4) is 0 Å². The SMILES string of the molecule is CCOP(=O)(OCC)C(c1cc(C(C)(C)C)c(O)c(C(C)(C)C)c1)C(c1cc(C(C)(C)C)c(O)c(C(C)(C)C)c1)P(=O)(OCC)OCC. The van der Waals surface area contributed by atoms with Crippen molar-refractivity contribution in [2.24, 2.45) is 0 Å². The van der Waals surface area contributed by atoms with Crippen molar-refractivity contribution in [3.8, 4) is 11.5 Å². The van der Waals surface area contributed by atoms with Gasteiger partial charge in [-0.1, -0.05) is 107 Å². The Morgan fingerprint density at radius 1 is 0.479 bits per heavy atom. The van der Waals surface area contributed by atoms with Gasteiger partial charge in [0.25, 0.3) is 0 Å². The molecule has 2 aromatic carbocycles. The summed E-state index contributed by atoms with van der Waals surface area (Å²) in [5.41, 5.74) is -0.780. The van der Waals surface area contributed by atoms with Gasteiger partial charge >= 0.3 is 15.2 Å². The van der Waals surface area contributed by atoms with E-state index < -0.39 is 48.2 Å². The van der Waals surface area contributed by atoms with Crippen LogP contribution in [0.25, 0.3) is 0 Å². The van der Waals surface area contributed by atoms with Crippen LogP contribution < -0.4 is 0 Å². The van der Waals surface area contributed by atoms with Crippen LogP contribution in [0.2, 0.25) is 0 Å². The van der Waals surface area contributed by atoms with E-state index in [1.165, 1.54) is 0 Å². The van der Waals surface area contributed by atoms with E-state index in [2.05, 4.69) is 0 Å². The topological polar surface area (TPSA) is 112 Å². The number of phenols is 2. The maximum Gasteiger partial charge on any atom is 0.339 e. The van der Waals surface area contributed by atoms with Gasteiger partial charge < -0.3 is 28.3 Å². The van der Waals surface area contributed by atoms with Gasteiger partial charge in [0.05, 0.1) is 26.4 Å². The Balaban J connectivity index is 3.45. The van der Waals surface area contributed by atoms with Crippen LogP contribution >= 0.6 is 15.2 Å². The van der Waals surface area contributed by atoms with Gasteiger partial charge in [-0.15, -0.1) is 0 Å². The van der Waals surface area contributed by atoms with Crippen molar-refractivity contribution in [3.05, 3.63) is 57.6 Å². The normalized spacial score (nSPS) is 15.1. The van der Waals surface area contributed by atoms with Crippen molar-refractivity contribution >= 4 is 15.2 Å². The van der Waals surface area contributed by atoms with Crippen molar-refractivity contribution in [2.75, 3.05) is 26.4 Å². The highest BCUT2D eigenvalue weighted by Crippen LogP contribution is 2.77. The van der Waals surface area contributed by atoms with E-state index >= 15 is 9.13 Å². The molecule has 0 saturated heterocycles. The standard InChI is InChI=1S/C38H64O8P2/c1-17-43-47(41,44-18-2)33(25-21-27(35(5,6)7)31(39)28(22-25)36(8,9)10)34(48(42,45-19-3)46-20-4)26-23-29(37(11,12)13)32(40)30(24-26)38(14,15)16/h21-24,33-34,39-40H,17-20H2,1-16H3. The van der Waals surface area contributed by atoms with E-state index in [1.807, 2.05) is 107 Å². The van der Waals surface area contributed by atoms with Crippen LogP contribution in [-0.2, 0) is 48.9 Å². The Morgan fingerprint density at radius 3 is 0.812 bits per heavy atom. The monoisotopic (exact) mass is 710 g/mol. The summed E-state index contributed by atoms with van der Waals surface area (Å²) in [6, 6.07) is 7.35. The lowest BCUT2D eigenvalue weighted by Gasteiger charge is -2.39. The average molecular weight is 711 g/mol. The molecule has 0 radical (unpaired) electrons. The van der Waals surface area contributed by atoms with Crippen molar-refractivity contribution < 1.29 is 37.4 Å². The summed E-state index contributed by atoms with van der Waals surface area (Å²) in [6.45, 7) is 31.3. The molecule has 48 heavy (non-hydrogen) atoms. The summed E-state index contributed by atoms with van der Waals surface area (Å²) in [7, 11) is -8.35. The van der Waals surface area contributed by atoms with Gasteiger partial charge in [0, 0.05) is 0 Å². The van der Waals surface area contributed by atoms with Gasteiger partial charge in [-0.3, -0.25) is 9.13 Å². The van der Waals surface area contributed by atoms with Crippen LogP contribution in [-0.4, -0.2) is 36.6 Å². The first-order valence-corrected chi connectivity index (χ1v) is 20.5. The molecular formula is C38H64O8P2. The van der Waals surface area contributed by atoms with Crippen LogP contribution in [0, 0.1) is 0 Å². The molecule has 0 fully saturated rings. The first-order chi connectivity index (χ1) is 21.7. The Hall–Kier alpha value is -1.66. The van der Waals surface area contributed by atoms with Gasteiger partial charge in [-0.05, 0) is 82.7 Å². The minimum atomic E-state index is -4.18. The second-order valence-electron chi connectivity index (χ2n) is 16.6. The molecule has 0 amide bonds. The average Bonchev–Trinajstić information content (AvgIpc) is 2.90. The van der Waals surface area contributed by atoms with Crippen LogP contribution in [0.1, 0.15) is 155 Å². The molecule has 0 spiro atoms. The predicted molar refractivity (Wildman–Crippen MR) is 198 cm³/mol. The molecule has 0 aliphatic carbocycles. The highest BCUT2D eigenvalue weighted by molar-refractivity contribution is 7.58. The molecule has 0 heterocycles. The fourth-order valence-corrected chi connectivity index (χ4v) is 11.4. The molecule has 2 unspecified atom stereocenters. The minimum absolute atomic E-state index is 0.0699. The van der Waals surface area contributed by atoms with Gasteiger partial charge in [0.1, 0.15) is 22.8 Å². The van der Waals surface area contributed by atoms with Gasteiger partial charge in [-0.2, -0.15) is 0 Å². The summed E-state index contributed by atoms with van der Waals surface area (Å²) in [5.74, 6) is 0.313. The maximum atomic E-state index is 15.4. The van der Waals surface area contributed by atoms with Gasteiger partial charge in [0.15, 0.2) is 0 Å². The molecule has 2 atom stereocenters. The summed E-state index contributed by atoms with van der Waals surface area (Å²) in [6.07, 6.45) is 0. The minimum Gasteiger partial charge on any atom is -0.507 e. The second kappa shape index (κ2) is 15.3. The van der Waals surface area contributed by atoms with Crippen LogP contribution in [0.4, 0.5) is 0 Å². The first-order valence-electron chi connectivity index (χ1n) is 17.3. The molecule has 0 aliphatic heterocycles. The lowest BCUT2D eigenvalue weighted by molar-refractivity contribution is 0.194. The van der Waals surface area contributed by atoms with Crippen molar-refractivity contribution in [1.82, 2.24) is 0 Å². The molecule has 0 aromatic heterocycles. The van der Waals surface area contributed by atoms with Crippen LogP contribution in [0.5, 0.6) is 11.5 Å². The van der Waals surface area contributed by atoms with E-state index in [-0.39, 0.29) is 37.9 Å². The smallest absolute Gasteiger partial charge is 0.339 e. The number of benzene rings is 2. The van der Waals surface area contributed by atoms with E-state index in [0.29, 0.717) is 33.4 Å². The third-order valence-electron chi connectivity index (χ3n) is 8.40. The Kier molecular flexibility index (Phi) is 13.5. The summed E-state index contributed by atoms with van der Waals surface area (Å²) in [5, 5.41) is 23.4. The molecule has 10 heteroatoms. The second-order valence-corrected chi connectivity index (χ2v) is 20.9. The van der Waals surface area contributed by atoms with Gasteiger partial charge in [-0.25, -0.2) is 0 Å². The van der Waals surface area contributed by atoms with Crippen molar-refractivity contribution in [2.45, 2.75) is 144 Å². The number of hydrogen-bond acceptors (Lipinski definition) is 8. The number of rotatable bonds is 13. The molecule has 0 saturated carbocycles. The molecule has 8 nitrogen and oxygen atoms in total. The fourth-order valence-electron chi connectivity index (χ4n) is 6.13. The van der Waals surface area contributed by atoms with E-state index in [1.54, 1.807) is 27.7 Å². The Bertz CT molecular complexity index is 1300. The summed E-state index contributed by atoms with van der Waals surface area (Å²) < 4.78 is 55.4. The molecule has 0 aliphatic rings. The number of phenolic OH excluding ortho intramolecular Hbond substituents is 2. The lowest BCUT2D eigenvalue weighted by atomic mass is 9.77. The van der Waals surface area contributed by atoms with Crippen molar-refractivity contribution in [1.29, 1.82) is 0 Å². The summed E-state index contributed by atoms with van der Waals surface area (Å²) in [4.78, 5) is 0. The molecule has 2 aromatic rings. The summed E-state index contributed by atoms with van der Waals surface area (Å²) >= 11 is 0. The molecule has 0 bridgehead atoms. The van der Waals surface area contributed by atoms with Crippen molar-refractivity contribution in [3.63, 3.8) is 0 Å². The molecular weight excluding hydrogens is 646 g/mol. The Morgan fingerprint density at radius 2 is 0.667 bits per heavy atom. The number of aromatic hydroxyl groups is 2. The van der Waals surface area contributed by atoms with E-state index in [0.717, 1.165) is 0 Å². The largest absolute Gasteiger partial charge is 0.507 e. The maximum absolute atomic E-state index is 15.4. The zero-order chi connectivity index (χ0) is 37.3. The third-order valence-corrected chi connectivity index (χ3v) is 13.7. The zero-order valence-electron chi connectivity index (χ0n) is 32.5. The number of hydrogen-bond donors (Lipinski definition) is 2. The predicted octanol–water partition coefficient (Wildman–Crippen LogP) is 11.6. The van der Waals surface area contributed by atoms with E-state index in [4.69, 9.17) is 18.1 Å². The van der Waals surface area contributed by atoms with E-state index in [9.17, 15) is 10.2 Å². The Labute approximate surface area is 291 Å². The van der Waals surface area contributed by atoms with Gasteiger partial charge in [0.2, 0.25) is 0 Å². The van der Waals surface area contributed by atoms with Crippen LogP contribution in [0.15, 0.2) is 24.3 Å². The zero-order valence-corrected chi connectivity index (χ0v) is 34.3. The molecule has 2 N–H and O–H groups in total. The third kappa shape index (κ3) is 9.36. The quantitative estimate of drug-likeness (QED) is 0.198. The molecule has 274 valence electrons. The highest BCUT2D eigenvalue weighted by Gasteiger charge is 2.53.